The van der Waals surface area contributed by atoms with E-state index >= 15 is 0 Å². The molecule has 3 rings (SSSR count). The minimum atomic E-state index is -0.923. The van der Waals surface area contributed by atoms with Gasteiger partial charge < -0.3 is 5.11 Å². The molecule has 0 bridgehead atoms. The van der Waals surface area contributed by atoms with Crippen LogP contribution in [0, 0.1) is 11.8 Å². The van der Waals surface area contributed by atoms with Gasteiger partial charge in [-0.25, -0.2) is 9.78 Å². The second kappa shape index (κ2) is 5.29. The number of nitrogens with zero attached hydrogens (tertiary/aromatic N) is 2. The molecule has 1 aromatic heterocycles. The third kappa shape index (κ3) is 3.53. The zero-order valence-electron chi connectivity index (χ0n) is 11.1. The van der Waals surface area contributed by atoms with Crippen LogP contribution in [0.3, 0.4) is 0 Å². The zero-order chi connectivity index (χ0) is 13.2. The largest absolute Gasteiger partial charge is 0.477 e. The molecule has 2 aliphatic rings. The van der Waals surface area contributed by atoms with Crippen LogP contribution in [0.25, 0.3) is 0 Å². The minimum Gasteiger partial charge on any atom is -0.477 e. The van der Waals surface area contributed by atoms with Gasteiger partial charge in [-0.3, -0.25) is 4.90 Å². The number of carboxylic acids is 1. The summed E-state index contributed by atoms with van der Waals surface area (Å²) in [4.78, 5) is 17.6. The molecule has 0 amide bonds. The van der Waals surface area contributed by atoms with Crippen molar-refractivity contribution in [2.24, 2.45) is 11.8 Å². The number of aromatic nitrogens is 1. The second-order valence-corrected chi connectivity index (χ2v) is 5.90. The molecule has 19 heavy (non-hydrogen) atoms. The number of aromatic carboxylic acids is 1. The fourth-order valence-corrected chi connectivity index (χ4v) is 2.53. The first-order chi connectivity index (χ1) is 9.22. The Morgan fingerprint density at radius 1 is 1.26 bits per heavy atom. The van der Waals surface area contributed by atoms with Crippen molar-refractivity contribution in [2.45, 2.75) is 32.2 Å². The molecule has 2 saturated carbocycles. The first kappa shape index (κ1) is 12.6. The highest BCUT2D eigenvalue weighted by molar-refractivity contribution is 5.86. The van der Waals surface area contributed by atoms with Gasteiger partial charge >= 0.3 is 5.97 Å². The summed E-state index contributed by atoms with van der Waals surface area (Å²) < 4.78 is 0. The Hall–Kier alpha value is -1.42. The summed E-state index contributed by atoms with van der Waals surface area (Å²) in [5, 5.41) is 9.19. The highest BCUT2D eigenvalue weighted by Gasteiger charge is 2.29. The molecule has 4 nitrogen and oxygen atoms in total. The smallest absolute Gasteiger partial charge is 0.354 e. The first-order valence-electron chi connectivity index (χ1n) is 7.12. The number of pyridine rings is 1. The van der Waals surface area contributed by atoms with Crippen molar-refractivity contribution in [1.29, 1.82) is 0 Å². The zero-order valence-corrected chi connectivity index (χ0v) is 11.1. The molecule has 0 spiro atoms. The summed E-state index contributed by atoms with van der Waals surface area (Å²) in [6.07, 6.45) is 6.89. The fraction of sp³-hybridized carbons (Fsp3) is 0.600. The minimum absolute atomic E-state index is 0.207. The molecular weight excluding hydrogens is 240 g/mol. The maximum Gasteiger partial charge on any atom is 0.354 e. The standard InChI is InChI=1S/C15H20N2O2/c18-15(19)14-13(2-1-7-16-14)10-17(8-11-3-4-11)9-12-5-6-12/h1-2,7,11-12H,3-6,8-10H2,(H,18,19). The van der Waals surface area contributed by atoms with Crippen LogP contribution in [0.5, 0.6) is 0 Å². The van der Waals surface area contributed by atoms with E-state index in [0.29, 0.717) is 0 Å². The van der Waals surface area contributed by atoms with E-state index in [0.717, 1.165) is 37.0 Å². The lowest BCUT2D eigenvalue weighted by Crippen LogP contribution is -2.28. The molecule has 102 valence electrons. The maximum absolute atomic E-state index is 11.2. The lowest BCUT2D eigenvalue weighted by molar-refractivity contribution is 0.0687. The summed E-state index contributed by atoms with van der Waals surface area (Å²) in [5.41, 5.74) is 1.05. The van der Waals surface area contributed by atoms with Gasteiger partial charge in [-0.1, -0.05) is 6.07 Å². The quantitative estimate of drug-likeness (QED) is 0.818. The number of carboxylic acid groups (broad SMARTS) is 1. The van der Waals surface area contributed by atoms with E-state index in [1.165, 1.54) is 25.7 Å². The van der Waals surface area contributed by atoms with E-state index in [1.54, 1.807) is 6.20 Å². The van der Waals surface area contributed by atoms with Crippen LogP contribution in [-0.4, -0.2) is 34.0 Å². The molecule has 0 atom stereocenters. The Kier molecular flexibility index (Phi) is 3.51. The molecule has 1 heterocycles. The molecule has 0 aromatic carbocycles. The molecule has 2 aliphatic carbocycles. The van der Waals surface area contributed by atoms with Crippen LogP contribution in [0.2, 0.25) is 0 Å². The average Bonchev–Trinajstić information content (AvgIpc) is 3.25. The van der Waals surface area contributed by atoms with Crippen molar-refractivity contribution in [2.75, 3.05) is 13.1 Å². The molecule has 0 aliphatic heterocycles. The van der Waals surface area contributed by atoms with Crippen LogP contribution < -0.4 is 0 Å². The normalized spacial score (nSPS) is 18.8. The number of rotatable bonds is 7. The Morgan fingerprint density at radius 2 is 1.89 bits per heavy atom. The molecule has 1 aromatic rings. The van der Waals surface area contributed by atoms with Gasteiger partial charge in [0.25, 0.3) is 0 Å². The van der Waals surface area contributed by atoms with E-state index in [2.05, 4.69) is 9.88 Å². The molecule has 0 radical (unpaired) electrons. The summed E-state index contributed by atoms with van der Waals surface area (Å²) in [7, 11) is 0. The molecule has 1 N–H and O–H groups in total. The predicted molar refractivity (Wildman–Crippen MR) is 71.9 cm³/mol. The summed E-state index contributed by atoms with van der Waals surface area (Å²) in [6, 6.07) is 3.72. The van der Waals surface area contributed by atoms with Crippen molar-refractivity contribution in [3.63, 3.8) is 0 Å². The molecule has 0 unspecified atom stereocenters. The van der Waals surface area contributed by atoms with Crippen LogP contribution in [0.15, 0.2) is 18.3 Å². The summed E-state index contributed by atoms with van der Waals surface area (Å²) in [6.45, 7) is 2.96. The highest BCUT2D eigenvalue weighted by Crippen LogP contribution is 2.34. The van der Waals surface area contributed by atoms with E-state index in [-0.39, 0.29) is 5.69 Å². The van der Waals surface area contributed by atoms with Crippen molar-refractivity contribution in [3.05, 3.63) is 29.6 Å². The molecule has 0 saturated heterocycles. The van der Waals surface area contributed by atoms with E-state index in [9.17, 15) is 9.90 Å². The topological polar surface area (TPSA) is 53.4 Å². The lowest BCUT2D eigenvalue weighted by atomic mass is 10.1. The number of hydrogen-bond donors (Lipinski definition) is 1. The van der Waals surface area contributed by atoms with Gasteiger partial charge in [-0.2, -0.15) is 0 Å². The average molecular weight is 260 g/mol. The van der Waals surface area contributed by atoms with Crippen LogP contribution >= 0.6 is 0 Å². The third-order valence-corrected chi connectivity index (χ3v) is 3.91. The fourth-order valence-electron chi connectivity index (χ4n) is 2.53. The second-order valence-electron chi connectivity index (χ2n) is 5.90. The Labute approximate surface area is 113 Å². The Bertz CT molecular complexity index is 453. The van der Waals surface area contributed by atoms with Crippen LogP contribution in [0.1, 0.15) is 41.7 Å². The van der Waals surface area contributed by atoms with E-state index in [1.807, 2.05) is 12.1 Å². The van der Waals surface area contributed by atoms with Gasteiger partial charge in [0.05, 0.1) is 0 Å². The Morgan fingerprint density at radius 3 is 2.42 bits per heavy atom. The first-order valence-corrected chi connectivity index (χ1v) is 7.12. The summed E-state index contributed by atoms with van der Waals surface area (Å²) >= 11 is 0. The van der Waals surface area contributed by atoms with Crippen LogP contribution in [0.4, 0.5) is 0 Å². The molecule has 4 heteroatoms. The molecular formula is C15H20N2O2. The van der Waals surface area contributed by atoms with Gasteiger partial charge in [0.15, 0.2) is 5.69 Å². The third-order valence-electron chi connectivity index (χ3n) is 3.91. The van der Waals surface area contributed by atoms with Crippen molar-refractivity contribution < 1.29 is 9.90 Å². The van der Waals surface area contributed by atoms with Crippen molar-refractivity contribution >= 4 is 5.97 Å². The monoisotopic (exact) mass is 260 g/mol. The number of carbonyl (C=O) groups is 1. The number of hydrogen-bond acceptors (Lipinski definition) is 3. The van der Waals surface area contributed by atoms with E-state index in [4.69, 9.17) is 0 Å². The maximum atomic E-state index is 11.2. The van der Waals surface area contributed by atoms with Crippen molar-refractivity contribution in [3.8, 4) is 0 Å². The van der Waals surface area contributed by atoms with Gasteiger partial charge in [-0.05, 0) is 49.1 Å². The SMILES string of the molecule is O=C(O)c1ncccc1CN(CC1CC1)CC1CC1. The van der Waals surface area contributed by atoms with Gasteiger partial charge in [0.1, 0.15) is 0 Å². The predicted octanol–water partition coefficient (Wildman–Crippen LogP) is 2.40. The summed E-state index contributed by atoms with van der Waals surface area (Å²) in [5.74, 6) is 0.751. The van der Waals surface area contributed by atoms with E-state index < -0.39 is 5.97 Å². The van der Waals surface area contributed by atoms with Crippen LogP contribution in [-0.2, 0) is 6.54 Å². The van der Waals surface area contributed by atoms with Crippen molar-refractivity contribution in [1.82, 2.24) is 9.88 Å². The van der Waals surface area contributed by atoms with Gasteiger partial charge in [-0.15, -0.1) is 0 Å². The lowest BCUT2D eigenvalue weighted by Gasteiger charge is -2.22. The van der Waals surface area contributed by atoms with Gasteiger partial charge in [0.2, 0.25) is 0 Å². The Balaban J connectivity index is 1.70. The van der Waals surface area contributed by atoms with Gasteiger partial charge in [0, 0.05) is 25.8 Å². The highest BCUT2D eigenvalue weighted by atomic mass is 16.4. The molecule has 2 fully saturated rings.